The lowest BCUT2D eigenvalue weighted by Gasteiger charge is -2.39. The van der Waals surface area contributed by atoms with Crippen LogP contribution in [0.3, 0.4) is 0 Å². The highest BCUT2D eigenvalue weighted by Gasteiger charge is 2.41. The van der Waals surface area contributed by atoms with E-state index in [4.69, 9.17) is 18.9 Å². The highest BCUT2D eigenvalue weighted by molar-refractivity contribution is 5.85. The molecule has 0 spiro atoms. The number of ether oxygens (including phenoxy) is 4. The van der Waals surface area contributed by atoms with Crippen molar-refractivity contribution in [1.29, 1.82) is 0 Å². The van der Waals surface area contributed by atoms with Crippen LogP contribution in [0.5, 0.6) is 23.0 Å². The fraction of sp³-hybridized carbons (Fsp3) is 0.192. The lowest BCUT2D eigenvalue weighted by atomic mass is 9.85. The molecule has 0 saturated heterocycles. The normalized spacial score (nSPS) is 17.9. The van der Waals surface area contributed by atoms with Crippen LogP contribution in [0.2, 0.25) is 0 Å². The number of nitrogens with one attached hydrogen (secondary N) is 1. The van der Waals surface area contributed by atoms with Gasteiger partial charge in [-0.3, -0.25) is 4.98 Å². The molecule has 2 aromatic carbocycles. The van der Waals surface area contributed by atoms with Crippen molar-refractivity contribution in [3.63, 3.8) is 0 Å². The Balaban J connectivity index is 1.62. The second-order valence-corrected chi connectivity index (χ2v) is 8.13. The van der Waals surface area contributed by atoms with Crippen LogP contribution < -0.4 is 24.3 Å². The third-order valence-corrected chi connectivity index (χ3v) is 6.31. The molecule has 0 amide bonds. The first kappa shape index (κ1) is 21.0. The predicted molar refractivity (Wildman–Crippen MR) is 129 cm³/mol. The van der Waals surface area contributed by atoms with Crippen molar-refractivity contribution in [3.05, 3.63) is 89.5 Å². The van der Waals surface area contributed by atoms with E-state index in [0.717, 1.165) is 33.7 Å². The second-order valence-electron chi connectivity index (χ2n) is 8.13. The van der Waals surface area contributed by atoms with Gasteiger partial charge in [-0.2, -0.15) is 10.1 Å². The Kier molecular flexibility index (Phi) is 5.02. The molecular formula is C26H23N5O4. The summed E-state index contributed by atoms with van der Waals surface area (Å²) in [5.41, 5.74) is 4.67. The molecule has 1 N–H and O–H groups in total. The van der Waals surface area contributed by atoms with Crippen molar-refractivity contribution in [2.75, 3.05) is 26.6 Å². The van der Waals surface area contributed by atoms with Crippen LogP contribution >= 0.6 is 0 Å². The molecule has 4 aromatic rings. The van der Waals surface area contributed by atoms with Gasteiger partial charge < -0.3 is 24.3 Å². The average Bonchev–Trinajstić information content (AvgIpc) is 3.39. The summed E-state index contributed by atoms with van der Waals surface area (Å²) in [6.07, 6.45) is 4.67. The highest BCUT2D eigenvalue weighted by atomic mass is 16.5. The van der Waals surface area contributed by atoms with Crippen molar-refractivity contribution < 1.29 is 18.9 Å². The fourth-order valence-corrected chi connectivity index (χ4v) is 4.80. The molecule has 176 valence electrons. The summed E-state index contributed by atoms with van der Waals surface area (Å²) in [7, 11) is 4.79. The van der Waals surface area contributed by atoms with Crippen molar-refractivity contribution in [2.45, 2.75) is 12.1 Å². The Labute approximate surface area is 202 Å². The number of hydrogen-bond donors (Lipinski definition) is 1. The van der Waals surface area contributed by atoms with Gasteiger partial charge in [0.15, 0.2) is 11.5 Å². The quantitative estimate of drug-likeness (QED) is 0.464. The zero-order chi connectivity index (χ0) is 23.9. The Bertz CT molecular complexity index is 1410. The third-order valence-electron chi connectivity index (χ3n) is 6.31. The molecule has 2 aliphatic rings. The molecule has 4 heterocycles. The molecule has 6 rings (SSSR count). The summed E-state index contributed by atoms with van der Waals surface area (Å²) < 4.78 is 25.4. The van der Waals surface area contributed by atoms with Crippen molar-refractivity contribution >= 4 is 11.6 Å². The van der Waals surface area contributed by atoms with Crippen LogP contribution in [0.15, 0.2) is 72.8 Å². The molecule has 0 fully saturated rings. The Morgan fingerprint density at radius 1 is 0.943 bits per heavy atom. The minimum absolute atomic E-state index is 0.296. The van der Waals surface area contributed by atoms with Gasteiger partial charge in [0.2, 0.25) is 11.7 Å². The number of para-hydroxylation sites is 1. The number of pyridine rings is 1. The van der Waals surface area contributed by atoms with Gasteiger partial charge in [-0.05, 0) is 35.9 Å². The van der Waals surface area contributed by atoms with E-state index >= 15 is 0 Å². The van der Waals surface area contributed by atoms with Gasteiger partial charge in [0.1, 0.15) is 24.2 Å². The molecule has 9 nitrogen and oxygen atoms in total. The summed E-state index contributed by atoms with van der Waals surface area (Å²) in [4.78, 5) is 8.83. The van der Waals surface area contributed by atoms with Gasteiger partial charge in [0.05, 0.1) is 27.0 Å². The molecule has 2 aromatic heterocycles. The fourth-order valence-electron chi connectivity index (χ4n) is 4.80. The molecule has 0 unspecified atom stereocenters. The van der Waals surface area contributed by atoms with Gasteiger partial charge >= 0.3 is 0 Å². The summed E-state index contributed by atoms with van der Waals surface area (Å²) in [5, 5.41) is 8.04. The number of anilines is 1. The van der Waals surface area contributed by atoms with Crippen molar-refractivity contribution in [2.24, 2.45) is 0 Å². The number of aromatic nitrogens is 4. The van der Waals surface area contributed by atoms with Crippen LogP contribution in [0.1, 0.15) is 28.8 Å². The molecule has 0 aliphatic carbocycles. The number of nitrogens with zero attached hydrogens (tertiary/aromatic N) is 4. The van der Waals surface area contributed by atoms with Crippen LogP contribution in [0, 0.1) is 0 Å². The van der Waals surface area contributed by atoms with Crippen LogP contribution in [-0.4, -0.2) is 41.1 Å². The largest absolute Gasteiger partial charge is 0.493 e. The first-order chi connectivity index (χ1) is 17.2. The van der Waals surface area contributed by atoms with Gasteiger partial charge in [0.25, 0.3) is 0 Å². The standard InChI is InChI=1S/C26H23N5O4/c1-32-19-11-16(12-20(33-2)25(19)34-3)24-21-22(17-8-4-5-9-18(17)35-24)30-26-28-14-29-31(26)23(21)15-7-6-10-27-13-15/h4-14,23-24H,1-3H3,(H,28,29,30)/t23-,24-/m0/s1. The van der Waals surface area contributed by atoms with E-state index in [1.807, 2.05) is 59.4 Å². The summed E-state index contributed by atoms with van der Waals surface area (Å²) >= 11 is 0. The van der Waals surface area contributed by atoms with Gasteiger partial charge in [-0.25, -0.2) is 4.68 Å². The highest BCUT2D eigenvalue weighted by Crippen LogP contribution is 2.52. The van der Waals surface area contributed by atoms with E-state index in [1.165, 1.54) is 0 Å². The van der Waals surface area contributed by atoms with Crippen LogP contribution in [0.25, 0.3) is 5.70 Å². The first-order valence-corrected chi connectivity index (χ1v) is 11.1. The lowest BCUT2D eigenvalue weighted by Crippen LogP contribution is -2.32. The number of rotatable bonds is 5. The zero-order valence-electron chi connectivity index (χ0n) is 19.4. The summed E-state index contributed by atoms with van der Waals surface area (Å²) in [5.74, 6) is 3.03. The average molecular weight is 470 g/mol. The molecule has 35 heavy (non-hydrogen) atoms. The molecule has 0 bridgehead atoms. The van der Waals surface area contributed by atoms with E-state index in [9.17, 15) is 0 Å². The Morgan fingerprint density at radius 2 is 1.74 bits per heavy atom. The maximum absolute atomic E-state index is 6.67. The van der Waals surface area contributed by atoms with Crippen molar-refractivity contribution in [3.8, 4) is 23.0 Å². The number of methoxy groups -OCH3 is 3. The number of fused-ring (bicyclic) bond motifs is 3. The summed E-state index contributed by atoms with van der Waals surface area (Å²) in [6, 6.07) is 15.4. The van der Waals surface area contributed by atoms with Crippen LogP contribution in [-0.2, 0) is 0 Å². The molecule has 2 atom stereocenters. The van der Waals surface area contributed by atoms with E-state index in [-0.39, 0.29) is 6.04 Å². The summed E-state index contributed by atoms with van der Waals surface area (Å²) in [6.45, 7) is 0. The second kappa shape index (κ2) is 8.35. The lowest BCUT2D eigenvalue weighted by molar-refractivity contribution is 0.221. The maximum atomic E-state index is 6.67. The predicted octanol–water partition coefficient (Wildman–Crippen LogP) is 4.26. The van der Waals surface area contributed by atoms with Crippen LogP contribution in [0.4, 0.5) is 5.95 Å². The third kappa shape index (κ3) is 3.27. The molecule has 9 heteroatoms. The SMILES string of the molecule is COc1cc([C@@H]2Oc3ccccc3C3=C2[C@H](c2cccnc2)n2ncnc2N3)cc(OC)c1OC. The Hall–Kier alpha value is -4.53. The van der Waals surface area contributed by atoms with E-state index in [2.05, 4.69) is 20.4 Å². The van der Waals surface area contributed by atoms with Gasteiger partial charge in [-0.1, -0.05) is 18.2 Å². The Morgan fingerprint density at radius 3 is 2.46 bits per heavy atom. The monoisotopic (exact) mass is 469 g/mol. The molecule has 2 aliphatic heterocycles. The number of hydrogen-bond acceptors (Lipinski definition) is 8. The van der Waals surface area contributed by atoms with Gasteiger partial charge in [0, 0.05) is 29.1 Å². The van der Waals surface area contributed by atoms with E-state index < -0.39 is 6.10 Å². The smallest absolute Gasteiger partial charge is 0.226 e. The first-order valence-electron chi connectivity index (χ1n) is 11.1. The minimum Gasteiger partial charge on any atom is -0.493 e. The van der Waals surface area contributed by atoms with E-state index in [1.54, 1.807) is 33.9 Å². The van der Waals surface area contributed by atoms with Gasteiger partial charge in [-0.15, -0.1) is 0 Å². The molecular weight excluding hydrogens is 446 g/mol. The molecule has 0 saturated carbocycles. The zero-order valence-corrected chi connectivity index (χ0v) is 19.4. The molecule has 0 radical (unpaired) electrons. The minimum atomic E-state index is -0.483. The maximum Gasteiger partial charge on any atom is 0.226 e. The topological polar surface area (TPSA) is 92.6 Å². The van der Waals surface area contributed by atoms with Crippen molar-refractivity contribution in [1.82, 2.24) is 19.7 Å². The van der Waals surface area contributed by atoms with E-state index in [0.29, 0.717) is 23.2 Å². The number of benzene rings is 2.